The topological polar surface area (TPSA) is 43.1 Å². The number of nitrogen functional groups attached to an aromatic ring is 1. The molecule has 1 heterocycles. The first-order valence-corrected chi connectivity index (χ1v) is 9.49. The molecule has 2 rings (SSSR count). The number of anilines is 1. The first-order valence-electron chi connectivity index (χ1n) is 8.61. The molecule has 2 N–H and O–H groups in total. The molecule has 0 unspecified atom stereocenters. The van der Waals surface area contributed by atoms with Crippen molar-refractivity contribution in [2.45, 2.75) is 34.6 Å². The summed E-state index contributed by atoms with van der Waals surface area (Å²) in [6, 6.07) is 9.80. The average molecular weight is 356 g/mol. The third-order valence-electron chi connectivity index (χ3n) is 3.04. The number of benzene rings is 1. The van der Waals surface area contributed by atoms with Crippen molar-refractivity contribution in [3.05, 3.63) is 77.7 Å². The molecule has 0 saturated heterocycles. The lowest BCUT2D eigenvalue weighted by molar-refractivity contribution is 0.104. The van der Waals surface area contributed by atoms with E-state index in [1.54, 1.807) is 18.2 Å². The first-order chi connectivity index (χ1) is 12.2. The molecule has 2 nitrogen and oxygen atoms in total. The predicted molar refractivity (Wildman–Crippen MR) is 114 cm³/mol. The molecule has 0 aliphatic heterocycles. The van der Waals surface area contributed by atoms with Gasteiger partial charge in [-0.1, -0.05) is 88.9 Å². The number of ketones is 1. The van der Waals surface area contributed by atoms with E-state index in [2.05, 4.69) is 6.58 Å². The van der Waals surface area contributed by atoms with Crippen LogP contribution in [0.15, 0.2) is 72.2 Å². The molecular weight excluding hydrogens is 326 g/mol. The summed E-state index contributed by atoms with van der Waals surface area (Å²) in [5, 5.41) is 2.47. The predicted octanol–water partition coefficient (Wildman–Crippen LogP) is 6.92. The smallest absolute Gasteiger partial charge is 0.196 e. The molecule has 1 aromatic heterocycles. The van der Waals surface area contributed by atoms with Gasteiger partial charge in [-0.25, -0.2) is 0 Å². The number of allylic oxidation sites excluding steroid dienone is 5. The molecule has 0 radical (unpaired) electrons. The summed E-state index contributed by atoms with van der Waals surface area (Å²) in [5.74, 6) is -0.0781. The van der Waals surface area contributed by atoms with Crippen molar-refractivity contribution in [1.82, 2.24) is 0 Å². The van der Waals surface area contributed by atoms with Gasteiger partial charge in [-0.3, -0.25) is 4.79 Å². The number of thiophene rings is 1. The number of rotatable bonds is 5. The van der Waals surface area contributed by atoms with Crippen molar-refractivity contribution < 1.29 is 4.79 Å². The van der Waals surface area contributed by atoms with E-state index < -0.39 is 0 Å². The SMILES string of the molecule is C=C/C=C(\C=C/C)C(=O)c1c(-c2ccccc2)csc1N.CC.CC. The molecule has 1 aromatic carbocycles. The van der Waals surface area contributed by atoms with Gasteiger partial charge >= 0.3 is 0 Å². The van der Waals surface area contributed by atoms with Crippen LogP contribution in [0.4, 0.5) is 5.00 Å². The van der Waals surface area contributed by atoms with Gasteiger partial charge in [-0.2, -0.15) is 0 Å². The summed E-state index contributed by atoms with van der Waals surface area (Å²) < 4.78 is 0. The summed E-state index contributed by atoms with van der Waals surface area (Å²) >= 11 is 1.39. The maximum atomic E-state index is 12.8. The standard InChI is InChI=1S/C18H17NOS.2C2H6/c1-3-8-14(9-4-2)17(20)16-15(12-21-18(16)19)13-10-6-5-7-11-13;2*1-2/h3-12H,1,19H2,2H3;2*1-2H3/b9-4-,14-8+;;. The van der Waals surface area contributed by atoms with E-state index in [-0.39, 0.29) is 5.78 Å². The molecule has 0 spiro atoms. The van der Waals surface area contributed by atoms with Gasteiger partial charge in [0.2, 0.25) is 0 Å². The number of hydrogen-bond donors (Lipinski definition) is 1. The second-order valence-corrected chi connectivity index (χ2v) is 5.35. The van der Waals surface area contributed by atoms with Gasteiger partial charge in [0.25, 0.3) is 0 Å². The third kappa shape index (κ3) is 6.20. The molecule has 25 heavy (non-hydrogen) atoms. The quantitative estimate of drug-likeness (QED) is 0.359. The van der Waals surface area contributed by atoms with Crippen molar-refractivity contribution in [2.24, 2.45) is 0 Å². The van der Waals surface area contributed by atoms with E-state index in [0.717, 1.165) is 11.1 Å². The minimum absolute atomic E-state index is 0.0781. The zero-order chi connectivity index (χ0) is 19.2. The summed E-state index contributed by atoms with van der Waals surface area (Å²) in [4.78, 5) is 12.8. The van der Waals surface area contributed by atoms with Crippen LogP contribution in [-0.4, -0.2) is 5.78 Å². The maximum Gasteiger partial charge on any atom is 0.196 e. The lowest BCUT2D eigenvalue weighted by atomic mass is 9.97. The summed E-state index contributed by atoms with van der Waals surface area (Å²) in [6.07, 6.45) is 6.92. The van der Waals surface area contributed by atoms with Crippen molar-refractivity contribution >= 4 is 22.1 Å². The highest BCUT2D eigenvalue weighted by Gasteiger charge is 2.20. The lowest BCUT2D eigenvalue weighted by Gasteiger charge is -2.06. The molecule has 3 heteroatoms. The van der Waals surface area contributed by atoms with Crippen LogP contribution < -0.4 is 5.73 Å². The van der Waals surface area contributed by atoms with Crippen LogP contribution in [0.2, 0.25) is 0 Å². The maximum absolute atomic E-state index is 12.8. The Morgan fingerprint density at radius 1 is 1.12 bits per heavy atom. The van der Waals surface area contributed by atoms with E-state index >= 15 is 0 Å². The van der Waals surface area contributed by atoms with E-state index in [4.69, 9.17) is 5.73 Å². The first kappa shape index (κ1) is 22.6. The highest BCUT2D eigenvalue weighted by atomic mass is 32.1. The van der Waals surface area contributed by atoms with Gasteiger partial charge < -0.3 is 5.73 Å². The van der Waals surface area contributed by atoms with Gasteiger partial charge in [0.05, 0.1) is 10.6 Å². The van der Waals surface area contributed by atoms with Crippen molar-refractivity contribution in [3.8, 4) is 11.1 Å². The highest BCUT2D eigenvalue weighted by Crippen LogP contribution is 2.35. The van der Waals surface area contributed by atoms with Crippen LogP contribution in [0, 0.1) is 0 Å². The Morgan fingerprint density at radius 3 is 2.24 bits per heavy atom. The Morgan fingerprint density at radius 2 is 1.72 bits per heavy atom. The van der Waals surface area contributed by atoms with Gasteiger partial charge in [0.15, 0.2) is 5.78 Å². The summed E-state index contributed by atoms with van der Waals surface area (Å²) in [5.41, 5.74) is 9.05. The summed E-state index contributed by atoms with van der Waals surface area (Å²) in [7, 11) is 0. The molecule has 0 amide bonds. The minimum Gasteiger partial charge on any atom is -0.390 e. The fourth-order valence-corrected chi connectivity index (χ4v) is 2.91. The largest absolute Gasteiger partial charge is 0.390 e. The third-order valence-corrected chi connectivity index (χ3v) is 3.85. The number of carbonyl (C=O) groups is 1. The number of Topliss-reactive ketones (excluding diaryl/α,β-unsaturated/α-hetero) is 1. The van der Waals surface area contributed by atoms with Crippen molar-refractivity contribution in [1.29, 1.82) is 0 Å². The fourth-order valence-electron chi connectivity index (χ4n) is 2.10. The molecule has 134 valence electrons. The van der Waals surface area contributed by atoms with Crippen LogP contribution in [0.3, 0.4) is 0 Å². The number of carbonyl (C=O) groups excluding carboxylic acids is 1. The highest BCUT2D eigenvalue weighted by molar-refractivity contribution is 7.15. The monoisotopic (exact) mass is 355 g/mol. The van der Waals surface area contributed by atoms with Crippen molar-refractivity contribution in [3.63, 3.8) is 0 Å². The van der Waals surface area contributed by atoms with Crippen LogP contribution in [-0.2, 0) is 0 Å². The van der Waals surface area contributed by atoms with E-state index in [1.165, 1.54) is 11.3 Å². The van der Waals surface area contributed by atoms with E-state index in [1.807, 2.05) is 76.4 Å². The molecule has 0 saturated carbocycles. The van der Waals surface area contributed by atoms with Gasteiger partial charge in [-0.15, -0.1) is 11.3 Å². The van der Waals surface area contributed by atoms with Crippen LogP contribution in [0.25, 0.3) is 11.1 Å². The Hall–Kier alpha value is -2.39. The minimum atomic E-state index is -0.0781. The Kier molecular flexibility index (Phi) is 11.7. The van der Waals surface area contributed by atoms with Gasteiger partial charge in [0, 0.05) is 16.5 Å². The zero-order valence-corrected chi connectivity index (χ0v) is 16.7. The number of nitrogens with two attached hydrogens (primary N) is 1. The second-order valence-electron chi connectivity index (χ2n) is 4.44. The fraction of sp³-hybridized carbons (Fsp3) is 0.227. The molecule has 0 bridgehead atoms. The normalized spacial score (nSPS) is 10.4. The second kappa shape index (κ2) is 13.0. The van der Waals surface area contributed by atoms with Gasteiger partial charge in [-0.05, 0) is 12.5 Å². The zero-order valence-electron chi connectivity index (χ0n) is 15.9. The van der Waals surface area contributed by atoms with Crippen LogP contribution >= 0.6 is 11.3 Å². The molecule has 0 aliphatic carbocycles. The van der Waals surface area contributed by atoms with E-state index in [9.17, 15) is 4.79 Å². The average Bonchev–Trinajstić information content (AvgIpc) is 3.06. The molecule has 0 fully saturated rings. The van der Waals surface area contributed by atoms with Crippen LogP contribution in [0.5, 0.6) is 0 Å². The summed E-state index contributed by atoms with van der Waals surface area (Å²) in [6.45, 7) is 13.5. The van der Waals surface area contributed by atoms with Crippen LogP contribution in [0.1, 0.15) is 45.0 Å². The molecule has 0 aliphatic rings. The van der Waals surface area contributed by atoms with E-state index in [0.29, 0.717) is 16.1 Å². The molecule has 0 atom stereocenters. The number of hydrogen-bond acceptors (Lipinski definition) is 3. The molecule has 2 aromatic rings. The Balaban J connectivity index is 0.00000134. The Labute approximate surface area is 156 Å². The molecular formula is C22H29NOS. The lowest BCUT2D eigenvalue weighted by Crippen LogP contribution is -2.05. The van der Waals surface area contributed by atoms with Gasteiger partial charge in [0.1, 0.15) is 0 Å². The van der Waals surface area contributed by atoms with Crippen molar-refractivity contribution in [2.75, 3.05) is 5.73 Å². The Bertz CT molecular complexity index is 709.